The van der Waals surface area contributed by atoms with Crippen LogP contribution in [0.15, 0.2) is 24.3 Å². The molecule has 142 valence electrons. The number of hydrogen-bond donors (Lipinski definition) is 2. The normalized spacial score (nSPS) is 17.9. The van der Waals surface area contributed by atoms with E-state index >= 15 is 0 Å². The molecule has 5 nitrogen and oxygen atoms in total. The highest BCUT2D eigenvalue weighted by Crippen LogP contribution is 2.17. The van der Waals surface area contributed by atoms with E-state index in [1.165, 1.54) is 11.3 Å². The summed E-state index contributed by atoms with van der Waals surface area (Å²) in [6.45, 7) is 10.1. The molecular formula is C18H30Cl2N4O. The Bertz CT molecular complexity index is 532. The zero-order valence-corrected chi connectivity index (χ0v) is 16.5. The quantitative estimate of drug-likeness (QED) is 0.778. The third-order valence-corrected chi connectivity index (χ3v) is 4.85. The molecule has 2 aliphatic heterocycles. The van der Waals surface area contributed by atoms with Gasteiger partial charge in [0.2, 0.25) is 5.91 Å². The predicted octanol–water partition coefficient (Wildman–Crippen LogP) is 1.69. The third-order valence-electron chi connectivity index (χ3n) is 4.85. The SMILES string of the molecule is Cc1cccc(N2CCN(CCC(=O)NCC3CNC3)CC2)c1.Cl.Cl. The highest BCUT2D eigenvalue weighted by Gasteiger charge is 2.19. The van der Waals surface area contributed by atoms with Crippen LogP contribution in [0.25, 0.3) is 0 Å². The number of nitrogens with one attached hydrogen (secondary N) is 2. The van der Waals surface area contributed by atoms with E-state index in [2.05, 4.69) is 51.6 Å². The third kappa shape index (κ3) is 6.66. The molecule has 0 aromatic heterocycles. The van der Waals surface area contributed by atoms with Crippen LogP contribution in [-0.2, 0) is 4.79 Å². The van der Waals surface area contributed by atoms with E-state index in [9.17, 15) is 4.79 Å². The van der Waals surface area contributed by atoms with Crippen LogP contribution in [0, 0.1) is 12.8 Å². The number of anilines is 1. The van der Waals surface area contributed by atoms with Gasteiger partial charge in [0, 0.05) is 70.4 Å². The number of carbonyl (C=O) groups is 1. The number of hydrogen-bond acceptors (Lipinski definition) is 4. The molecule has 7 heteroatoms. The highest BCUT2D eigenvalue weighted by molar-refractivity contribution is 5.85. The van der Waals surface area contributed by atoms with E-state index in [0.717, 1.165) is 52.4 Å². The first-order chi connectivity index (χ1) is 11.2. The van der Waals surface area contributed by atoms with Crippen LogP contribution in [-0.4, -0.2) is 63.2 Å². The topological polar surface area (TPSA) is 47.6 Å². The summed E-state index contributed by atoms with van der Waals surface area (Å²) in [6, 6.07) is 8.70. The Balaban J connectivity index is 0.00000156. The van der Waals surface area contributed by atoms with Crippen molar-refractivity contribution >= 4 is 36.4 Å². The molecule has 0 saturated carbocycles. The minimum Gasteiger partial charge on any atom is -0.369 e. The molecule has 2 saturated heterocycles. The predicted molar refractivity (Wildman–Crippen MR) is 108 cm³/mol. The number of amides is 1. The minimum absolute atomic E-state index is 0. The highest BCUT2D eigenvalue weighted by atomic mass is 35.5. The Morgan fingerprint density at radius 3 is 2.52 bits per heavy atom. The van der Waals surface area contributed by atoms with Gasteiger partial charge in [-0.05, 0) is 24.6 Å². The molecule has 0 spiro atoms. The second-order valence-corrected chi connectivity index (χ2v) is 6.75. The molecule has 0 aliphatic carbocycles. The maximum atomic E-state index is 11.9. The fourth-order valence-corrected chi connectivity index (χ4v) is 3.15. The molecule has 2 heterocycles. The molecule has 2 N–H and O–H groups in total. The number of aryl methyl sites for hydroxylation is 1. The first-order valence-corrected chi connectivity index (χ1v) is 8.72. The summed E-state index contributed by atoms with van der Waals surface area (Å²) < 4.78 is 0. The lowest BCUT2D eigenvalue weighted by molar-refractivity contribution is -0.121. The molecule has 2 fully saturated rings. The van der Waals surface area contributed by atoms with Crippen LogP contribution < -0.4 is 15.5 Å². The number of rotatable bonds is 6. The molecule has 0 radical (unpaired) electrons. The van der Waals surface area contributed by atoms with Gasteiger partial charge in [0.1, 0.15) is 0 Å². The minimum atomic E-state index is 0. The van der Waals surface area contributed by atoms with Crippen molar-refractivity contribution in [2.24, 2.45) is 5.92 Å². The summed E-state index contributed by atoms with van der Waals surface area (Å²) in [6.07, 6.45) is 0.616. The van der Waals surface area contributed by atoms with Crippen LogP contribution in [0.3, 0.4) is 0 Å². The Kier molecular flexibility index (Phi) is 9.57. The average molecular weight is 389 g/mol. The smallest absolute Gasteiger partial charge is 0.221 e. The second-order valence-electron chi connectivity index (χ2n) is 6.75. The van der Waals surface area contributed by atoms with Gasteiger partial charge in [0.05, 0.1) is 0 Å². The fraction of sp³-hybridized carbons (Fsp3) is 0.611. The standard InChI is InChI=1S/C18H28N4O.2ClH/c1-15-3-2-4-17(11-15)22-9-7-21(8-10-22)6-5-18(23)20-14-16-12-19-13-16;;/h2-4,11,16,19H,5-10,12-14H2,1H3,(H,20,23);2*1H. The lowest BCUT2D eigenvalue weighted by atomic mass is 10.0. The largest absolute Gasteiger partial charge is 0.369 e. The summed E-state index contributed by atoms with van der Waals surface area (Å²) in [5.41, 5.74) is 2.62. The Labute approximate surface area is 163 Å². The van der Waals surface area contributed by atoms with Crippen molar-refractivity contribution in [2.45, 2.75) is 13.3 Å². The molecule has 1 aromatic rings. The molecule has 1 aromatic carbocycles. The van der Waals surface area contributed by atoms with Gasteiger partial charge in [0.15, 0.2) is 0 Å². The monoisotopic (exact) mass is 388 g/mol. The van der Waals surface area contributed by atoms with Crippen LogP contribution in [0.1, 0.15) is 12.0 Å². The molecule has 1 amide bonds. The zero-order chi connectivity index (χ0) is 16.1. The first kappa shape index (κ1) is 22.0. The molecule has 0 bridgehead atoms. The van der Waals surface area contributed by atoms with Gasteiger partial charge in [-0.15, -0.1) is 24.8 Å². The van der Waals surface area contributed by atoms with E-state index in [1.807, 2.05) is 0 Å². The maximum absolute atomic E-state index is 11.9. The molecule has 0 atom stereocenters. The van der Waals surface area contributed by atoms with Gasteiger partial charge in [-0.25, -0.2) is 0 Å². The van der Waals surface area contributed by atoms with Crippen LogP contribution >= 0.6 is 24.8 Å². The van der Waals surface area contributed by atoms with Gasteiger partial charge in [0.25, 0.3) is 0 Å². The molecular weight excluding hydrogens is 359 g/mol. The van der Waals surface area contributed by atoms with Crippen molar-refractivity contribution in [3.05, 3.63) is 29.8 Å². The van der Waals surface area contributed by atoms with Crippen LogP contribution in [0.5, 0.6) is 0 Å². The second kappa shape index (κ2) is 10.9. The lowest BCUT2D eigenvalue weighted by Crippen LogP contribution is -2.49. The van der Waals surface area contributed by atoms with E-state index < -0.39 is 0 Å². The van der Waals surface area contributed by atoms with Gasteiger partial charge in [-0.3, -0.25) is 9.69 Å². The molecule has 3 rings (SSSR count). The van der Waals surface area contributed by atoms with Crippen molar-refractivity contribution in [3.63, 3.8) is 0 Å². The summed E-state index contributed by atoms with van der Waals surface area (Å²) in [4.78, 5) is 16.7. The molecule has 2 aliphatic rings. The van der Waals surface area contributed by atoms with Crippen LogP contribution in [0.4, 0.5) is 5.69 Å². The van der Waals surface area contributed by atoms with Gasteiger partial charge < -0.3 is 15.5 Å². The van der Waals surface area contributed by atoms with Crippen LogP contribution in [0.2, 0.25) is 0 Å². The Morgan fingerprint density at radius 1 is 1.20 bits per heavy atom. The van der Waals surface area contributed by atoms with E-state index in [-0.39, 0.29) is 30.7 Å². The van der Waals surface area contributed by atoms with Crippen molar-refractivity contribution in [3.8, 4) is 0 Å². The number of nitrogens with zero attached hydrogens (tertiary/aromatic N) is 2. The zero-order valence-electron chi connectivity index (χ0n) is 14.9. The number of halogens is 2. The van der Waals surface area contributed by atoms with Crippen molar-refractivity contribution in [1.82, 2.24) is 15.5 Å². The molecule has 0 unspecified atom stereocenters. The lowest BCUT2D eigenvalue weighted by Gasteiger charge is -2.36. The van der Waals surface area contributed by atoms with Crippen molar-refractivity contribution in [1.29, 1.82) is 0 Å². The Hall–Kier alpha value is -1.01. The summed E-state index contributed by atoms with van der Waals surface area (Å²) in [7, 11) is 0. The number of piperazine rings is 1. The van der Waals surface area contributed by atoms with Gasteiger partial charge >= 0.3 is 0 Å². The maximum Gasteiger partial charge on any atom is 0.221 e. The van der Waals surface area contributed by atoms with E-state index in [1.54, 1.807) is 0 Å². The van der Waals surface area contributed by atoms with Gasteiger partial charge in [-0.1, -0.05) is 12.1 Å². The summed E-state index contributed by atoms with van der Waals surface area (Å²) in [5.74, 6) is 0.829. The number of benzene rings is 1. The molecule has 25 heavy (non-hydrogen) atoms. The van der Waals surface area contributed by atoms with Gasteiger partial charge in [-0.2, -0.15) is 0 Å². The first-order valence-electron chi connectivity index (χ1n) is 8.72. The summed E-state index contributed by atoms with van der Waals surface area (Å²) >= 11 is 0. The van der Waals surface area contributed by atoms with Crippen molar-refractivity contribution < 1.29 is 4.79 Å². The summed E-state index contributed by atoms with van der Waals surface area (Å²) in [5, 5.41) is 6.27. The number of carbonyl (C=O) groups excluding carboxylic acids is 1. The Morgan fingerprint density at radius 2 is 1.92 bits per heavy atom. The van der Waals surface area contributed by atoms with Crippen molar-refractivity contribution in [2.75, 3.05) is 57.3 Å². The van der Waals surface area contributed by atoms with E-state index in [4.69, 9.17) is 0 Å². The van der Waals surface area contributed by atoms with E-state index in [0.29, 0.717) is 12.3 Å². The fourth-order valence-electron chi connectivity index (χ4n) is 3.15. The average Bonchev–Trinajstić information content (AvgIpc) is 2.52.